The zero-order chi connectivity index (χ0) is 13.7. The van der Waals surface area contributed by atoms with Crippen molar-refractivity contribution in [2.45, 2.75) is 6.92 Å². The summed E-state index contributed by atoms with van der Waals surface area (Å²) in [4.78, 5) is 12.3. The molecule has 96 valence electrons. The molecule has 1 aromatic heterocycles. The van der Waals surface area contributed by atoms with Crippen molar-refractivity contribution < 1.29 is 9.50 Å². The Morgan fingerprint density at radius 1 is 1.16 bits per heavy atom. The van der Waals surface area contributed by atoms with Crippen molar-refractivity contribution in [2.24, 2.45) is 7.05 Å². The van der Waals surface area contributed by atoms with E-state index in [1.54, 1.807) is 26.1 Å². The Balaban J connectivity index is 2.71. The van der Waals surface area contributed by atoms with Crippen molar-refractivity contribution in [3.63, 3.8) is 0 Å². The van der Waals surface area contributed by atoms with Crippen LogP contribution < -0.4 is 5.56 Å². The molecule has 0 unspecified atom stereocenters. The summed E-state index contributed by atoms with van der Waals surface area (Å²) < 4.78 is 15.6. The Labute approximate surface area is 108 Å². The molecule has 0 amide bonds. The SMILES string of the molecule is Cc1cc(F)c2c(c1)c(=O)n(C)c1cc(O)ccc21. The summed E-state index contributed by atoms with van der Waals surface area (Å²) in [5, 5.41) is 10.8. The number of hydrogen-bond donors (Lipinski definition) is 1. The first-order valence-corrected chi connectivity index (χ1v) is 5.90. The Hall–Kier alpha value is -2.36. The zero-order valence-corrected chi connectivity index (χ0v) is 10.6. The van der Waals surface area contributed by atoms with Crippen LogP contribution in [-0.2, 0) is 7.05 Å². The molecule has 0 aliphatic rings. The molecule has 19 heavy (non-hydrogen) atoms. The van der Waals surface area contributed by atoms with Crippen molar-refractivity contribution in [1.29, 1.82) is 0 Å². The fraction of sp³-hybridized carbons (Fsp3) is 0.133. The molecule has 0 spiro atoms. The van der Waals surface area contributed by atoms with Crippen LogP contribution in [0.15, 0.2) is 35.1 Å². The maximum absolute atomic E-state index is 14.2. The zero-order valence-electron chi connectivity index (χ0n) is 10.6. The number of rotatable bonds is 0. The monoisotopic (exact) mass is 257 g/mol. The van der Waals surface area contributed by atoms with Crippen molar-refractivity contribution in [1.82, 2.24) is 4.57 Å². The molecular weight excluding hydrogens is 245 g/mol. The number of aromatic nitrogens is 1. The highest BCUT2D eigenvalue weighted by Gasteiger charge is 2.13. The van der Waals surface area contributed by atoms with E-state index in [1.807, 2.05) is 0 Å². The second kappa shape index (κ2) is 3.82. The number of aromatic hydroxyl groups is 1. The molecule has 1 heterocycles. The van der Waals surface area contributed by atoms with E-state index in [0.717, 1.165) is 0 Å². The van der Waals surface area contributed by atoms with Crippen LogP contribution >= 0.6 is 0 Å². The number of hydrogen-bond acceptors (Lipinski definition) is 2. The van der Waals surface area contributed by atoms with Gasteiger partial charge in [0, 0.05) is 23.9 Å². The lowest BCUT2D eigenvalue weighted by Gasteiger charge is -2.10. The van der Waals surface area contributed by atoms with Crippen molar-refractivity contribution in [3.8, 4) is 5.75 Å². The minimum Gasteiger partial charge on any atom is -0.508 e. The summed E-state index contributed by atoms with van der Waals surface area (Å²) >= 11 is 0. The van der Waals surface area contributed by atoms with E-state index in [-0.39, 0.29) is 11.3 Å². The van der Waals surface area contributed by atoms with Gasteiger partial charge in [-0.1, -0.05) is 0 Å². The highest BCUT2D eigenvalue weighted by Crippen LogP contribution is 2.28. The van der Waals surface area contributed by atoms with Crippen LogP contribution in [0.4, 0.5) is 4.39 Å². The van der Waals surface area contributed by atoms with E-state index in [0.29, 0.717) is 27.2 Å². The van der Waals surface area contributed by atoms with E-state index in [4.69, 9.17) is 0 Å². The van der Waals surface area contributed by atoms with E-state index >= 15 is 0 Å². The van der Waals surface area contributed by atoms with Crippen molar-refractivity contribution in [3.05, 3.63) is 52.1 Å². The van der Waals surface area contributed by atoms with Gasteiger partial charge in [-0.2, -0.15) is 0 Å². The Morgan fingerprint density at radius 2 is 1.89 bits per heavy atom. The largest absolute Gasteiger partial charge is 0.508 e. The van der Waals surface area contributed by atoms with Gasteiger partial charge in [-0.25, -0.2) is 4.39 Å². The third-order valence-corrected chi connectivity index (χ3v) is 3.38. The van der Waals surface area contributed by atoms with E-state index in [1.165, 1.54) is 22.8 Å². The molecule has 0 bridgehead atoms. The molecular formula is C15H12FNO2. The molecule has 0 saturated carbocycles. The van der Waals surface area contributed by atoms with E-state index in [9.17, 15) is 14.3 Å². The highest BCUT2D eigenvalue weighted by atomic mass is 19.1. The molecule has 3 aromatic rings. The van der Waals surface area contributed by atoms with Gasteiger partial charge >= 0.3 is 0 Å². The van der Waals surface area contributed by atoms with Crippen molar-refractivity contribution >= 4 is 21.7 Å². The first kappa shape index (κ1) is 11.7. The van der Waals surface area contributed by atoms with Crippen LogP contribution in [-0.4, -0.2) is 9.67 Å². The summed E-state index contributed by atoms with van der Waals surface area (Å²) in [7, 11) is 1.61. The summed E-state index contributed by atoms with van der Waals surface area (Å²) in [6.45, 7) is 1.75. The molecule has 0 fully saturated rings. The number of phenolic OH excluding ortho intramolecular Hbond substituents is 1. The average Bonchev–Trinajstić information content (AvgIpc) is 2.35. The second-order valence-corrected chi connectivity index (χ2v) is 4.73. The Morgan fingerprint density at radius 3 is 2.63 bits per heavy atom. The van der Waals surface area contributed by atoms with E-state index < -0.39 is 5.82 Å². The molecule has 1 N–H and O–H groups in total. The lowest BCUT2D eigenvalue weighted by molar-refractivity contribution is 0.476. The van der Waals surface area contributed by atoms with Crippen LogP contribution in [0.2, 0.25) is 0 Å². The fourth-order valence-electron chi connectivity index (χ4n) is 2.48. The number of halogens is 1. The third-order valence-electron chi connectivity index (χ3n) is 3.38. The minimum absolute atomic E-state index is 0.0503. The fourth-order valence-corrected chi connectivity index (χ4v) is 2.48. The van der Waals surface area contributed by atoms with Gasteiger partial charge in [0.05, 0.1) is 10.9 Å². The van der Waals surface area contributed by atoms with Gasteiger partial charge in [0.1, 0.15) is 11.6 Å². The average molecular weight is 257 g/mol. The maximum atomic E-state index is 14.2. The predicted molar refractivity (Wildman–Crippen MR) is 73.1 cm³/mol. The first-order valence-electron chi connectivity index (χ1n) is 5.90. The van der Waals surface area contributed by atoms with Gasteiger partial charge in [-0.3, -0.25) is 4.79 Å². The molecule has 4 heteroatoms. The van der Waals surface area contributed by atoms with Crippen molar-refractivity contribution in [2.75, 3.05) is 0 Å². The summed E-state index contributed by atoms with van der Waals surface area (Å²) in [5.74, 6) is -0.363. The summed E-state index contributed by atoms with van der Waals surface area (Å²) in [6, 6.07) is 7.69. The smallest absolute Gasteiger partial charge is 0.258 e. The lowest BCUT2D eigenvalue weighted by Crippen LogP contribution is -2.17. The maximum Gasteiger partial charge on any atom is 0.258 e. The number of pyridine rings is 1. The summed E-state index contributed by atoms with van der Waals surface area (Å²) in [5.41, 5.74) is 0.955. The summed E-state index contributed by atoms with van der Waals surface area (Å²) in [6.07, 6.45) is 0. The van der Waals surface area contributed by atoms with Crippen LogP contribution in [0.1, 0.15) is 5.56 Å². The molecule has 0 radical (unpaired) electrons. The topological polar surface area (TPSA) is 42.2 Å². The Bertz CT molecular complexity index is 881. The number of nitrogens with zero attached hydrogens (tertiary/aromatic N) is 1. The van der Waals surface area contributed by atoms with Crippen LogP contribution in [0.25, 0.3) is 21.7 Å². The number of aryl methyl sites for hydroxylation is 2. The Kier molecular flexibility index (Phi) is 2.35. The number of benzene rings is 2. The first-order chi connectivity index (χ1) is 8.99. The van der Waals surface area contributed by atoms with Gasteiger partial charge < -0.3 is 9.67 Å². The highest BCUT2D eigenvalue weighted by molar-refractivity contribution is 6.06. The quantitative estimate of drug-likeness (QED) is 0.629. The standard InChI is InChI=1S/C15H12FNO2/c1-8-5-11-14(12(16)6-8)10-4-3-9(18)7-13(10)17(2)15(11)19/h3-7,18H,1-2H3. The van der Waals surface area contributed by atoms with Gasteiger partial charge in [0.15, 0.2) is 0 Å². The molecule has 2 aromatic carbocycles. The molecule has 0 saturated heterocycles. The normalized spacial score (nSPS) is 11.3. The molecule has 0 aliphatic carbocycles. The number of phenols is 1. The molecule has 0 atom stereocenters. The predicted octanol–water partition coefficient (Wildman–Crippen LogP) is 2.84. The second-order valence-electron chi connectivity index (χ2n) is 4.73. The molecule has 3 rings (SSSR count). The van der Waals surface area contributed by atoms with E-state index in [2.05, 4.69) is 0 Å². The molecule has 0 aliphatic heterocycles. The minimum atomic E-state index is -0.414. The van der Waals surface area contributed by atoms with Gasteiger partial charge in [-0.05, 0) is 36.8 Å². The van der Waals surface area contributed by atoms with Gasteiger partial charge in [0.25, 0.3) is 5.56 Å². The van der Waals surface area contributed by atoms with Crippen LogP contribution in [0.3, 0.4) is 0 Å². The van der Waals surface area contributed by atoms with Crippen LogP contribution in [0, 0.1) is 12.7 Å². The molecule has 3 nitrogen and oxygen atoms in total. The van der Waals surface area contributed by atoms with Gasteiger partial charge in [0.2, 0.25) is 0 Å². The third kappa shape index (κ3) is 1.60. The van der Waals surface area contributed by atoms with Gasteiger partial charge in [-0.15, -0.1) is 0 Å². The van der Waals surface area contributed by atoms with Crippen LogP contribution in [0.5, 0.6) is 5.75 Å². The number of fused-ring (bicyclic) bond motifs is 3. The lowest BCUT2D eigenvalue weighted by atomic mass is 10.0.